The van der Waals surface area contributed by atoms with Crippen molar-refractivity contribution in [3.63, 3.8) is 0 Å². The molecule has 0 saturated heterocycles. The van der Waals surface area contributed by atoms with Crippen LogP contribution >= 0.6 is 11.6 Å². The largest absolute Gasteiger partial charge is 0.417 e. The van der Waals surface area contributed by atoms with E-state index in [0.29, 0.717) is 6.42 Å². The summed E-state index contributed by atoms with van der Waals surface area (Å²) in [5.74, 6) is -0.382. The summed E-state index contributed by atoms with van der Waals surface area (Å²) in [6.07, 6.45) is -3.93. The zero-order valence-electron chi connectivity index (χ0n) is 10.2. The molecule has 0 spiro atoms. The number of hydrogen-bond acceptors (Lipinski definition) is 2. The van der Waals surface area contributed by atoms with Gasteiger partial charge in [0, 0.05) is 18.2 Å². The van der Waals surface area contributed by atoms with Crippen LogP contribution in [0.2, 0.25) is 5.02 Å². The lowest BCUT2D eigenvalue weighted by Crippen LogP contribution is -2.19. The normalized spacial score (nSPS) is 13.2. The van der Waals surface area contributed by atoms with Crippen molar-refractivity contribution in [2.45, 2.75) is 32.0 Å². The van der Waals surface area contributed by atoms with Crippen molar-refractivity contribution in [1.29, 1.82) is 0 Å². The second-order valence-corrected chi connectivity index (χ2v) is 4.66. The zero-order valence-corrected chi connectivity index (χ0v) is 11.0. The van der Waals surface area contributed by atoms with Gasteiger partial charge in [-0.3, -0.25) is 4.79 Å². The Morgan fingerprint density at radius 2 is 2.11 bits per heavy atom. The third-order valence-electron chi connectivity index (χ3n) is 2.38. The smallest absolute Gasteiger partial charge is 0.328 e. The summed E-state index contributed by atoms with van der Waals surface area (Å²) in [6, 6.07) is 3.10. The van der Waals surface area contributed by atoms with Crippen LogP contribution in [0.4, 0.5) is 18.9 Å². The Hall–Kier alpha value is -1.27. The van der Waals surface area contributed by atoms with Crippen molar-refractivity contribution in [2.75, 3.05) is 5.32 Å². The number of anilines is 1. The molecule has 0 heterocycles. The van der Waals surface area contributed by atoms with Gasteiger partial charge in [0.05, 0.1) is 10.6 Å². The van der Waals surface area contributed by atoms with Gasteiger partial charge in [0.2, 0.25) is 5.91 Å². The maximum atomic E-state index is 12.6. The SMILES string of the molecule is CC(N)CCC(=O)Nc1ccc(Cl)c(C(F)(F)F)c1. The second-order valence-electron chi connectivity index (χ2n) is 4.26. The van der Waals surface area contributed by atoms with Gasteiger partial charge in [-0.15, -0.1) is 0 Å². The molecule has 1 rings (SSSR count). The van der Waals surface area contributed by atoms with Crippen molar-refractivity contribution >= 4 is 23.2 Å². The molecule has 0 aliphatic rings. The number of amides is 1. The van der Waals surface area contributed by atoms with Gasteiger partial charge in [0.15, 0.2) is 0 Å². The average molecular weight is 295 g/mol. The Balaban J connectivity index is 2.78. The molecule has 0 radical (unpaired) electrons. The van der Waals surface area contributed by atoms with E-state index in [1.165, 1.54) is 6.07 Å². The molecule has 0 aliphatic carbocycles. The number of carbonyl (C=O) groups excluding carboxylic acids is 1. The van der Waals surface area contributed by atoms with E-state index in [1.54, 1.807) is 6.92 Å². The van der Waals surface area contributed by atoms with Crippen molar-refractivity contribution in [3.8, 4) is 0 Å². The van der Waals surface area contributed by atoms with Gasteiger partial charge in [-0.05, 0) is 31.5 Å². The number of nitrogens with one attached hydrogen (secondary N) is 1. The maximum Gasteiger partial charge on any atom is 0.417 e. The molecule has 0 fully saturated rings. The molecule has 0 saturated carbocycles. The third-order valence-corrected chi connectivity index (χ3v) is 2.71. The minimum absolute atomic E-state index is 0.0615. The Bertz CT molecular complexity index is 461. The van der Waals surface area contributed by atoms with Gasteiger partial charge in [0.25, 0.3) is 0 Å². The van der Waals surface area contributed by atoms with E-state index in [2.05, 4.69) is 5.32 Å². The van der Waals surface area contributed by atoms with Crippen LogP contribution in [-0.2, 0) is 11.0 Å². The van der Waals surface area contributed by atoms with Crippen molar-refractivity contribution < 1.29 is 18.0 Å². The number of halogens is 4. The number of rotatable bonds is 4. The fourth-order valence-corrected chi connectivity index (χ4v) is 1.63. The van der Waals surface area contributed by atoms with E-state index in [0.717, 1.165) is 12.1 Å². The van der Waals surface area contributed by atoms with Gasteiger partial charge in [-0.25, -0.2) is 0 Å². The molecule has 7 heteroatoms. The lowest BCUT2D eigenvalue weighted by Gasteiger charge is -2.12. The van der Waals surface area contributed by atoms with Crippen LogP contribution in [0.5, 0.6) is 0 Å². The van der Waals surface area contributed by atoms with E-state index in [4.69, 9.17) is 17.3 Å². The quantitative estimate of drug-likeness (QED) is 0.894. The summed E-state index contributed by atoms with van der Waals surface area (Å²) < 4.78 is 37.8. The summed E-state index contributed by atoms with van der Waals surface area (Å²) in [5.41, 5.74) is 4.58. The molecule has 1 unspecified atom stereocenters. The van der Waals surface area contributed by atoms with E-state index < -0.39 is 16.8 Å². The highest BCUT2D eigenvalue weighted by atomic mass is 35.5. The standard InChI is InChI=1S/C12H14ClF3N2O/c1-7(17)2-5-11(19)18-8-3-4-10(13)9(6-8)12(14,15)16/h3-4,6-7H,2,5,17H2,1H3,(H,18,19). The van der Waals surface area contributed by atoms with Crippen LogP contribution in [0.25, 0.3) is 0 Å². The van der Waals surface area contributed by atoms with Crippen LogP contribution in [0.1, 0.15) is 25.3 Å². The molecule has 0 aliphatic heterocycles. The average Bonchev–Trinajstić information content (AvgIpc) is 2.27. The van der Waals surface area contributed by atoms with Crippen LogP contribution in [0.3, 0.4) is 0 Å². The van der Waals surface area contributed by atoms with Crippen LogP contribution < -0.4 is 11.1 Å². The second kappa shape index (κ2) is 6.25. The first-order valence-electron chi connectivity index (χ1n) is 5.62. The molecule has 3 N–H and O–H groups in total. The topological polar surface area (TPSA) is 55.1 Å². The van der Waals surface area contributed by atoms with Gasteiger partial charge >= 0.3 is 6.18 Å². The number of alkyl halides is 3. The minimum Gasteiger partial charge on any atom is -0.328 e. The number of nitrogens with two attached hydrogens (primary N) is 1. The number of carbonyl (C=O) groups is 1. The van der Waals surface area contributed by atoms with Crippen LogP contribution in [-0.4, -0.2) is 11.9 Å². The fraction of sp³-hybridized carbons (Fsp3) is 0.417. The van der Waals surface area contributed by atoms with Gasteiger partial charge in [-0.2, -0.15) is 13.2 Å². The molecule has 106 valence electrons. The van der Waals surface area contributed by atoms with E-state index >= 15 is 0 Å². The summed E-state index contributed by atoms with van der Waals surface area (Å²) in [4.78, 5) is 11.5. The molecule has 1 aromatic rings. The minimum atomic E-state index is -4.55. The van der Waals surface area contributed by atoms with E-state index in [1.807, 2.05) is 0 Å². The number of hydrogen-bond donors (Lipinski definition) is 2. The summed E-state index contributed by atoms with van der Waals surface area (Å²) in [7, 11) is 0. The van der Waals surface area contributed by atoms with Gasteiger partial charge in [0.1, 0.15) is 0 Å². The Morgan fingerprint density at radius 3 is 2.63 bits per heavy atom. The van der Waals surface area contributed by atoms with Gasteiger partial charge in [-0.1, -0.05) is 11.6 Å². The fourth-order valence-electron chi connectivity index (χ4n) is 1.40. The predicted octanol–water partition coefficient (Wildman–Crippen LogP) is 3.42. The van der Waals surface area contributed by atoms with Crippen molar-refractivity contribution in [1.82, 2.24) is 0 Å². The number of benzene rings is 1. The first kappa shape index (κ1) is 15.8. The molecule has 1 atom stereocenters. The van der Waals surface area contributed by atoms with Crippen molar-refractivity contribution in [2.24, 2.45) is 5.73 Å². The Kier molecular flexibility index (Phi) is 5.20. The zero-order chi connectivity index (χ0) is 14.6. The Morgan fingerprint density at radius 1 is 1.47 bits per heavy atom. The molecule has 1 amide bonds. The molecule has 19 heavy (non-hydrogen) atoms. The van der Waals surface area contributed by atoms with Crippen LogP contribution in [0, 0.1) is 0 Å². The lowest BCUT2D eigenvalue weighted by atomic mass is 10.1. The maximum absolute atomic E-state index is 12.6. The third kappa shape index (κ3) is 5.08. The van der Waals surface area contributed by atoms with E-state index in [-0.39, 0.29) is 24.1 Å². The first-order chi connectivity index (χ1) is 8.70. The van der Waals surface area contributed by atoms with Crippen LogP contribution in [0.15, 0.2) is 18.2 Å². The van der Waals surface area contributed by atoms with E-state index in [9.17, 15) is 18.0 Å². The molecular formula is C12H14ClF3N2O. The molecule has 0 aromatic heterocycles. The highest BCUT2D eigenvalue weighted by Gasteiger charge is 2.33. The monoisotopic (exact) mass is 294 g/mol. The Labute approximate surface area is 113 Å². The molecule has 1 aromatic carbocycles. The van der Waals surface area contributed by atoms with Crippen molar-refractivity contribution in [3.05, 3.63) is 28.8 Å². The first-order valence-corrected chi connectivity index (χ1v) is 6.00. The molecular weight excluding hydrogens is 281 g/mol. The highest BCUT2D eigenvalue weighted by Crippen LogP contribution is 2.36. The molecule has 0 bridgehead atoms. The summed E-state index contributed by atoms with van der Waals surface area (Å²) >= 11 is 5.47. The van der Waals surface area contributed by atoms with Gasteiger partial charge < -0.3 is 11.1 Å². The molecule has 3 nitrogen and oxygen atoms in total. The predicted molar refractivity (Wildman–Crippen MR) is 68.0 cm³/mol. The lowest BCUT2D eigenvalue weighted by molar-refractivity contribution is -0.137. The highest BCUT2D eigenvalue weighted by molar-refractivity contribution is 6.31. The summed E-state index contributed by atoms with van der Waals surface area (Å²) in [6.45, 7) is 1.75. The summed E-state index contributed by atoms with van der Waals surface area (Å²) in [5, 5.41) is 1.98.